The maximum atomic E-state index is 5.36. The Morgan fingerprint density at radius 1 is 1.59 bits per heavy atom. The minimum Gasteiger partial charge on any atom is -0.339 e. The van der Waals surface area contributed by atoms with Crippen LogP contribution in [-0.4, -0.2) is 28.5 Å². The second-order valence-corrected chi connectivity index (χ2v) is 6.05. The molecule has 5 heteroatoms. The van der Waals surface area contributed by atoms with Crippen molar-refractivity contribution in [2.75, 3.05) is 13.1 Å². The highest BCUT2D eigenvalue weighted by molar-refractivity contribution is 7.99. The van der Waals surface area contributed by atoms with Crippen molar-refractivity contribution in [1.82, 2.24) is 15.5 Å². The highest BCUT2D eigenvalue weighted by Gasteiger charge is 2.21. The van der Waals surface area contributed by atoms with Gasteiger partial charge >= 0.3 is 0 Å². The topological polar surface area (TPSA) is 51.0 Å². The van der Waals surface area contributed by atoms with E-state index in [-0.39, 0.29) is 0 Å². The fourth-order valence-corrected chi connectivity index (χ4v) is 2.68. The lowest BCUT2D eigenvalue weighted by Crippen LogP contribution is -2.28. The molecule has 0 spiro atoms. The summed E-state index contributed by atoms with van der Waals surface area (Å²) >= 11 is 1.89. The predicted octanol–water partition coefficient (Wildman–Crippen LogP) is 2.57. The summed E-state index contributed by atoms with van der Waals surface area (Å²) in [5.41, 5.74) is 0. The molecule has 0 radical (unpaired) electrons. The van der Waals surface area contributed by atoms with E-state index in [4.69, 9.17) is 4.52 Å². The Kier molecular flexibility index (Phi) is 4.86. The Hall–Kier alpha value is -0.550. The predicted molar refractivity (Wildman–Crippen MR) is 70.2 cm³/mol. The molecule has 2 atom stereocenters. The van der Waals surface area contributed by atoms with Crippen LogP contribution in [0.15, 0.2) is 4.52 Å². The average Bonchev–Trinajstić information content (AvgIpc) is 2.86. The molecule has 1 aromatic heterocycles. The summed E-state index contributed by atoms with van der Waals surface area (Å²) in [6, 6.07) is 0. The van der Waals surface area contributed by atoms with E-state index in [0.717, 1.165) is 37.0 Å². The molecule has 17 heavy (non-hydrogen) atoms. The number of thioether (sulfide) groups is 1. The van der Waals surface area contributed by atoms with Crippen molar-refractivity contribution in [1.29, 1.82) is 0 Å². The highest BCUT2D eigenvalue weighted by Crippen LogP contribution is 2.23. The number of aromatic nitrogens is 2. The fourth-order valence-electron chi connectivity index (χ4n) is 1.89. The molecule has 4 nitrogen and oxygen atoms in total. The largest absolute Gasteiger partial charge is 0.339 e. The monoisotopic (exact) mass is 255 g/mol. The first-order valence-corrected chi connectivity index (χ1v) is 7.49. The van der Waals surface area contributed by atoms with Gasteiger partial charge in [-0.2, -0.15) is 16.7 Å². The minimum absolute atomic E-state index is 0.415. The molecule has 0 saturated carbocycles. The lowest BCUT2D eigenvalue weighted by atomic mass is 10.00. The van der Waals surface area contributed by atoms with Crippen LogP contribution in [0.2, 0.25) is 0 Å². The first-order chi connectivity index (χ1) is 8.29. The molecule has 2 rings (SSSR count). The van der Waals surface area contributed by atoms with Gasteiger partial charge in [0.25, 0.3) is 0 Å². The maximum Gasteiger partial charge on any atom is 0.231 e. The van der Waals surface area contributed by atoms with Gasteiger partial charge in [0.2, 0.25) is 5.89 Å². The van der Waals surface area contributed by atoms with Gasteiger partial charge in [-0.05, 0) is 25.8 Å². The molecule has 1 aliphatic heterocycles. The van der Waals surface area contributed by atoms with E-state index in [1.807, 2.05) is 11.8 Å². The molecule has 2 unspecified atom stereocenters. The van der Waals surface area contributed by atoms with Gasteiger partial charge in [-0.15, -0.1) is 0 Å². The number of hydrogen-bond donors (Lipinski definition) is 1. The zero-order chi connectivity index (χ0) is 12.1. The summed E-state index contributed by atoms with van der Waals surface area (Å²) in [4.78, 5) is 4.50. The molecular weight excluding hydrogens is 234 g/mol. The molecule has 1 fully saturated rings. The van der Waals surface area contributed by atoms with E-state index >= 15 is 0 Å². The molecule has 0 aliphatic carbocycles. The SMILES string of the molecule is CCC(C)SCc1noc(C2CCCNC2)n1. The number of piperidine rings is 1. The third-order valence-corrected chi connectivity index (χ3v) is 4.53. The average molecular weight is 255 g/mol. The Balaban J connectivity index is 1.86. The van der Waals surface area contributed by atoms with Crippen LogP contribution in [-0.2, 0) is 5.75 Å². The first kappa shape index (κ1) is 12.9. The van der Waals surface area contributed by atoms with E-state index in [1.54, 1.807) is 0 Å². The molecule has 0 amide bonds. The molecule has 1 aromatic rings. The van der Waals surface area contributed by atoms with E-state index in [9.17, 15) is 0 Å². The maximum absolute atomic E-state index is 5.36. The van der Waals surface area contributed by atoms with Crippen molar-refractivity contribution < 1.29 is 4.52 Å². The Labute approximate surface area is 107 Å². The van der Waals surface area contributed by atoms with Crippen LogP contribution in [0.5, 0.6) is 0 Å². The number of rotatable bonds is 5. The Morgan fingerprint density at radius 3 is 3.18 bits per heavy atom. The third-order valence-electron chi connectivity index (χ3n) is 3.20. The summed E-state index contributed by atoms with van der Waals surface area (Å²) in [6.45, 7) is 6.52. The van der Waals surface area contributed by atoms with Crippen molar-refractivity contribution >= 4 is 11.8 Å². The highest BCUT2D eigenvalue weighted by atomic mass is 32.2. The van der Waals surface area contributed by atoms with Gasteiger partial charge < -0.3 is 9.84 Å². The van der Waals surface area contributed by atoms with Crippen LogP contribution >= 0.6 is 11.8 Å². The molecule has 1 saturated heterocycles. The van der Waals surface area contributed by atoms with Gasteiger partial charge in [-0.25, -0.2) is 0 Å². The van der Waals surface area contributed by atoms with E-state index in [2.05, 4.69) is 29.3 Å². The molecule has 0 aromatic carbocycles. The quantitative estimate of drug-likeness (QED) is 0.876. The summed E-state index contributed by atoms with van der Waals surface area (Å²) < 4.78 is 5.36. The number of nitrogens with one attached hydrogen (secondary N) is 1. The van der Waals surface area contributed by atoms with Crippen LogP contribution in [0.3, 0.4) is 0 Å². The molecule has 96 valence electrons. The smallest absolute Gasteiger partial charge is 0.231 e. The van der Waals surface area contributed by atoms with E-state index in [1.165, 1.54) is 12.8 Å². The summed E-state index contributed by atoms with van der Waals surface area (Å²) in [5, 5.41) is 8.09. The summed E-state index contributed by atoms with van der Waals surface area (Å²) in [7, 11) is 0. The van der Waals surface area contributed by atoms with Crippen molar-refractivity contribution in [3.63, 3.8) is 0 Å². The van der Waals surface area contributed by atoms with Crippen LogP contribution < -0.4 is 5.32 Å². The van der Waals surface area contributed by atoms with Gasteiger partial charge in [0.05, 0.1) is 11.7 Å². The fraction of sp³-hybridized carbons (Fsp3) is 0.833. The van der Waals surface area contributed by atoms with Gasteiger partial charge in [0.1, 0.15) is 0 Å². The number of nitrogens with zero attached hydrogens (tertiary/aromatic N) is 2. The third kappa shape index (κ3) is 3.71. The molecule has 1 N–H and O–H groups in total. The zero-order valence-electron chi connectivity index (χ0n) is 10.6. The Morgan fingerprint density at radius 2 is 2.47 bits per heavy atom. The van der Waals surface area contributed by atoms with Gasteiger partial charge in [0.15, 0.2) is 5.82 Å². The molecular formula is C12H21N3OS. The van der Waals surface area contributed by atoms with Gasteiger partial charge in [-0.1, -0.05) is 19.0 Å². The van der Waals surface area contributed by atoms with E-state index in [0.29, 0.717) is 11.2 Å². The first-order valence-electron chi connectivity index (χ1n) is 6.44. The molecule has 2 heterocycles. The summed E-state index contributed by atoms with van der Waals surface area (Å²) in [6.07, 6.45) is 3.54. The van der Waals surface area contributed by atoms with Gasteiger partial charge in [0, 0.05) is 11.8 Å². The van der Waals surface area contributed by atoms with Gasteiger partial charge in [-0.3, -0.25) is 0 Å². The number of hydrogen-bond acceptors (Lipinski definition) is 5. The second kappa shape index (κ2) is 6.40. The minimum atomic E-state index is 0.415. The second-order valence-electron chi connectivity index (χ2n) is 4.62. The lowest BCUT2D eigenvalue weighted by Gasteiger charge is -2.18. The van der Waals surface area contributed by atoms with Crippen molar-refractivity contribution in [2.24, 2.45) is 0 Å². The summed E-state index contributed by atoms with van der Waals surface area (Å²) in [5.74, 6) is 2.94. The van der Waals surface area contributed by atoms with Crippen LogP contribution in [0, 0.1) is 0 Å². The normalized spacial score (nSPS) is 22.6. The molecule has 0 bridgehead atoms. The van der Waals surface area contributed by atoms with Crippen molar-refractivity contribution in [3.8, 4) is 0 Å². The Bertz CT molecular complexity index is 336. The van der Waals surface area contributed by atoms with Crippen molar-refractivity contribution in [2.45, 2.75) is 50.0 Å². The van der Waals surface area contributed by atoms with Crippen LogP contribution in [0.1, 0.15) is 50.7 Å². The van der Waals surface area contributed by atoms with Crippen molar-refractivity contribution in [3.05, 3.63) is 11.7 Å². The molecule has 1 aliphatic rings. The zero-order valence-corrected chi connectivity index (χ0v) is 11.4. The van der Waals surface area contributed by atoms with Crippen LogP contribution in [0.4, 0.5) is 0 Å². The standard InChI is InChI=1S/C12H21N3OS/c1-3-9(2)17-8-11-14-12(16-15-11)10-5-4-6-13-7-10/h9-10,13H,3-8H2,1-2H3. The lowest BCUT2D eigenvalue weighted by molar-refractivity contribution is 0.320. The van der Waals surface area contributed by atoms with E-state index < -0.39 is 0 Å². The van der Waals surface area contributed by atoms with Crippen LogP contribution in [0.25, 0.3) is 0 Å².